The van der Waals surface area contributed by atoms with Crippen molar-refractivity contribution >= 4 is 0 Å². The third-order valence-electron chi connectivity index (χ3n) is 4.66. The zero-order chi connectivity index (χ0) is 16.3. The van der Waals surface area contributed by atoms with Gasteiger partial charge in [-0.25, -0.2) is 0 Å². The molecule has 1 aliphatic heterocycles. The SMILES string of the molecule is COC[C@H](C)c1nc(C2(c3ccc(C)cc3)CCOCC2)no1. The molecule has 124 valence electrons. The third kappa shape index (κ3) is 3.16. The summed E-state index contributed by atoms with van der Waals surface area (Å²) in [6.07, 6.45) is 1.74. The Morgan fingerprint density at radius 2 is 1.91 bits per heavy atom. The van der Waals surface area contributed by atoms with Gasteiger partial charge in [0.15, 0.2) is 5.82 Å². The summed E-state index contributed by atoms with van der Waals surface area (Å²) in [7, 11) is 1.68. The van der Waals surface area contributed by atoms with E-state index in [9.17, 15) is 0 Å². The molecule has 0 saturated carbocycles. The summed E-state index contributed by atoms with van der Waals surface area (Å²) in [5, 5.41) is 4.32. The molecule has 2 aromatic rings. The van der Waals surface area contributed by atoms with Crippen molar-refractivity contribution in [1.29, 1.82) is 0 Å². The van der Waals surface area contributed by atoms with Crippen LogP contribution < -0.4 is 0 Å². The van der Waals surface area contributed by atoms with E-state index in [1.54, 1.807) is 7.11 Å². The molecule has 1 aromatic heterocycles. The molecule has 0 unspecified atom stereocenters. The van der Waals surface area contributed by atoms with E-state index in [0.717, 1.165) is 18.7 Å². The predicted octanol–water partition coefficient (Wildman–Crippen LogP) is 3.22. The fourth-order valence-corrected chi connectivity index (χ4v) is 3.18. The first-order valence-corrected chi connectivity index (χ1v) is 8.13. The van der Waals surface area contributed by atoms with Gasteiger partial charge >= 0.3 is 0 Å². The summed E-state index contributed by atoms with van der Waals surface area (Å²) in [6.45, 7) is 6.13. The fraction of sp³-hybridized carbons (Fsp3) is 0.556. The van der Waals surface area contributed by atoms with Crippen LogP contribution in [0.15, 0.2) is 28.8 Å². The van der Waals surface area contributed by atoms with Crippen LogP contribution in [0, 0.1) is 6.92 Å². The maximum atomic E-state index is 5.58. The quantitative estimate of drug-likeness (QED) is 0.847. The smallest absolute Gasteiger partial charge is 0.231 e. The van der Waals surface area contributed by atoms with E-state index in [2.05, 4.69) is 36.3 Å². The van der Waals surface area contributed by atoms with Gasteiger partial charge in [-0.15, -0.1) is 0 Å². The second-order valence-corrected chi connectivity index (χ2v) is 6.37. The molecule has 5 heteroatoms. The lowest BCUT2D eigenvalue weighted by Gasteiger charge is -2.35. The van der Waals surface area contributed by atoms with Crippen LogP contribution in [0.2, 0.25) is 0 Å². The minimum absolute atomic E-state index is 0.0937. The average Bonchev–Trinajstić information content (AvgIpc) is 3.07. The molecule has 5 nitrogen and oxygen atoms in total. The number of methoxy groups -OCH3 is 1. The van der Waals surface area contributed by atoms with E-state index in [1.165, 1.54) is 11.1 Å². The predicted molar refractivity (Wildman–Crippen MR) is 86.6 cm³/mol. The number of nitrogens with zero attached hydrogens (tertiary/aromatic N) is 2. The summed E-state index contributed by atoms with van der Waals surface area (Å²) in [4.78, 5) is 4.71. The zero-order valence-corrected chi connectivity index (χ0v) is 14.0. The minimum Gasteiger partial charge on any atom is -0.384 e. The van der Waals surface area contributed by atoms with Gasteiger partial charge in [0, 0.05) is 20.3 Å². The first kappa shape index (κ1) is 16.1. The van der Waals surface area contributed by atoms with Crippen molar-refractivity contribution in [3.8, 4) is 0 Å². The maximum absolute atomic E-state index is 5.58. The highest BCUT2D eigenvalue weighted by molar-refractivity contribution is 5.35. The van der Waals surface area contributed by atoms with Crippen molar-refractivity contribution in [2.45, 2.75) is 38.0 Å². The normalized spacial score (nSPS) is 18.7. The van der Waals surface area contributed by atoms with E-state index in [-0.39, 0.29) is 11.3 Å². The molecule has 0 amide bonds. The fourth-order valence-electron chi connectivity index (χ4n) is 3.18. The van der Waals surface area contributed by atoms with E-state index < -0.39 is 0 Å². The summed E-state index contributed by atoms with van der Waals surface area (Å²) in [5.74, 6) is 1.50. The van der Waals surface area contributed by atoms with Crippen molar-refractivity contribution in [3.05, 3.63) is 47.1 Å². The van der Waals surface area contributed by atoms with Crippen LogP contribution in [0.4, 0.5) is 0 Å². The van der Waals surface area contributed by atoms with Gasteiger partial charge in [0.1, 0.15) is 0 Å². The Morgan fingerprint density at radius 3 is 2.57 bits per heavy atom. The van der Waals surface area contributed by atoms with Crippen LogP contribution in [0.3, 0.4) is 0 Å². The van der Waals surface area contributed by atoms with Gasteiger partial charge in [-0.2, -0.15) is 4.98 Å². The summed E-state index contributed by atoms with van der Waals surface area (Å²) in [5.41, 5.74) is 2.26. The maximum Gasteiger partial charge on any atom is 0.231 e. The van der Waals surface area contributed by atoms with Crippen molar-refractivity contribution in [1.82, 2.24) is 10.1 Å². The highest BCUT2D eigenvalue weighted by atomic mass is 16.5. The molecule has 1 aromatic carbocycles. The summed E-state index contributed by atoms with van der Waals surface area (Å²) >= 11 is 0. The Hall–Kier alpha value is -1.72. The highest BCUT2D eigenvalue weighted by Crippen LogP contribution is 2.40. The zero-order valence-electron chi connectivity index (χ0n) is 14.0. The van der Waals surface area contributed by atoms with E-state index in [1.807, 2.05) is 6.92 Å². The monoisotopic (exact) mass is 316 g/mol. The van der Waals surface area contributed by atoms with Crippen molar-refractivity contribution in [2.75, 3.05) is 26.9 Å². The van der Waals surface area contributed by atoms with Crippen molar-refractivity contribution < 1.29 is 14.0 Å². The molecule has 0 radical (unpaired) electrons. The Morgan fingerprint density at radius 1 is 1.22 bits per heavy atom. The van der Waals surface area contributed by atoms with E-state index in [4.69, 9.17) is 19.0 Å². The number of rotatable bonds is 5. The van der Waals surface area contributed by atoms with Gasteiger partial charge in [0.25, 0.3) is 0 Å². The molecule has 23 heavy (non-hydrogen) atoms. The Kier molecular flexibility index (Phi) is 4.78. The number of benzene rings is 1. The van der Waals surface area contributed by atoms with Crippen LogP contribution in [-0.2, 0) is 14.9 Å². The summed E-state index contributed by atoms with van der Waals surface area (Å²) in [6, 6.07) is 8.63. The molecule has 0 bridgehead atoms. The van der Waals surface area contributed by atoms with Crippen LogP contribution in [-0.4, -0.2) is 37.1 Å². The van der Waals surface area contributed by atoms with Crippen molar-refractivity contribution in [2.24, 2.45) is 0 Å². The van der Waals surface area contributed by atoms with Crippen LogP contribution in [0.1, 0.15) is 48.5 Å². The molecule has 1 aliphatic rings. The lowest BCUT2D eigenvalue weighted by Crippen LogP contribution is -2.36. The summed E-state index contributed by atoms with van der Waals surface area (Å²) < 4.78 is 16.3. The number of hydrogen-bond acceptors (Lipinski definition) is 5. The van der Waals surface area contributed by atoms with Gasteiger partial charge in [-0.05, 0) is 25.3 Å². The molecule has 1 atom stereocenters. The molecule has 1 fully saturated rings. The van der Waals surface area contributed by atoms with Gasteiger partial charge in [0.05, 0.1) is 17.9 Å². The first-order chi connectivity index (χ1) is 11.2. The minimum atomic E-state index is -0.222. The number of aryl methyl sites for hydroxylation is 1. The molecular formula is C18H24N2O3. The van der Waals surface area contributed by atoms with E-state index in [0.29, 0.717) is 25.7 Å². The largest absolute Gasteiger partial charge is 0.384 e. The number of hydrogen-bond donors (Lipinski definition) is 0. The lowest BCUT2D eigenvalue weighted by atomic mass is 9.73. The van der Waals surface area contributed by atoms with Crippen LogP contribution in [0.25, 0.3) is 0 Å². The molecule has 0 N–H and O–H groups in total. The van der Waals surface area contributed by atoms with Gasteiger partial charge in [0.2, 0.25) is 5.89 Å². The second-order valence-electron chi connectivity index (χ2n) is 6.37. The van der Waals surface area contributed by atoms with Crippen molar-refractivity contribution in [3.63, 3.8) is 0 Å². The highest BCUT2D eigenvalue weighted by Gasteiger charge is 2.40. The van der Waals surface area contributed by atoms with Gasteiger partial charge in [-0.1, -0.05) is 41.9 Å². The Bertz CT molecular complexity index is 630. The molecule has 0 spiro atoms. The Balaban J connectivity index is 1.97. The molecule has 2 heterocycles. The number of ether oxygens (including phenoxy) is 2. The second kappa shape index (κ2) is 6.81. The van der Waals surface area contributed by atoms with Gasteiger partial charge in [-0.3, -0.25) is 0 Å². The van der Waals surface area contributed by atoms with Crippen LogP contribution in [0.5, 0.6) is 0 Å². The molecule has 0 aliphatic carbocycles. The van der Waals surface area contributed by atoms with E-state index >= 15 is 0 Å². The lowest BCUT2D eigenvalue weighted by molar-refractivity contribution is 0.0597. The topological polar surface area (TPSA) is 57.4 Å². The standard InChI is InChI=1S/C18H24N2O3/c1-13-4-6-15(7-5-13)18(8-10-22-11-9-18)17-19-16(23-20-17)14(2)12-21-3/h4-7,14H,8-12H2,1-3H3/t14-/m0/s1. The first-order valence-electron chi connectivity index (χ1n) is 8.13. The average molecular weight is 316 g/mol. The number of aromatic nitrogens is 2. The van der Waals surface area contributed by atoms with Gasteiger partial charge < -0.3 is 14.0 Å². The molecule has 1 saturated heterocycles. The molecular weight excluding hydrogens is 292 g/mol. The third-order valence-corrected chi connectivity index (χ3v) is 4.66. The molecule has 3 rings (SSSR count). The van der Waals surface area contributed by atoms with Crippen LogP contribution >= 0.6 is 0 Å². The Labute approximate surface area is 137 Å².